The van der Waals surface area contributed by atoms with Crippen LogP contribution in [0.3, 0.4) is 0 Å². The van der Waals surface area contributed by atoms with E-state index in [0.29, 0.717) is 0 Å². The van der Waals surface area contributed by atoms with E-state index >= 15 is 0 Å². The summed E-state index contributed by atoms with van der Waals surface area (Å²) in [5.41, 5.74) is 0.856. The first-order valence-corrected chi connectivity index (χ1v) is 6.77. The van der Waals surface area contributed by atoms with Gasteiger partial charge in [0.2, 0.25) is 0 Å². The van der Waals surface area contributed by atoms with E-state index in [0.717, 1.165) is 28.2 Å². The molecule has 5 heteroatoms. The first kappa shape index (κ1) is 14.7. The number of nitrogens with one attached hydrogen (secondary N) is 1. The molecule has 0 aliphatic heterocycles. The number of rotatable bonds is 3. The molecule has 0 spiro atoms. The van der Waals surface area contributed by atoms with E-state index < -0.39 is 17.5 Å². The molecule has 0 aliphatic rings. The average Bonchev–Trinajstić information content (AvgIpc) is 2.37. The number of hydrogen-bond donors (Lipinski definition) is 1. The molecular weight excluding hydrogens is 328 g/mol. The van der Waals surface area contributed by atoms with Crippen molar-refractivity contribution in [2.45, 2.75) is 13.0 Å². The van der Waals surface area contributed by atoms with Gasteiger partial charge in [-0.2, -0.15) is 0 Å². The van der Waals surface area contributed by atoms with E-state index in [1.54, 1.807) is 6.92 Å². The maximum absolute atomic E-state index is 13.1. The second-order valence-electron chi connectivity index (χ2n) is 4.41. The van der Waals surface area contributed by atoms with Crippen molar-refractivity contribution >= 4 is 21.8 Å². The van der Waals surface area contributed by atoms with Crippen LogP contribution in [0, 0.1) is 11.6 Å². The summed E-state index contributed by atoms with van der Waals surface area (Å²) in [5, 5.41) is 2.70. The van der Waals surface area contributed by atoms with E-state index in [-0.39, 0.29) is 11.6 Å². The summed E-state index contributed by atoms with van der Waals surface area (Å²) in [6.45, 7) is 1.80. The molecule has 2 aromatic rings. The Kier molecular flexibility index (Phi) is 4.49. The fourth-order valence-electron chi connectivity index (χ4n) is 1.82. The fraction of sp³-hybridized carbons (Fsp3) is 0.133. The molecule has 1 N–H and O–H groups in total. The molecule has 0 aromatic heterocycles. The standard InChI is InChI=1S/C15H12BrF2NO/c1-9(10-3-2-4-12(16)5-10)19-15(20)11-6-13(17)8-14(18)7-11/h2-9H,1H3,(H,19,20)/t9-/m1/s1. The Hall–Kier alpha value is -1.75. The average molecular weight is 340 g/mol. The molecule has 0 aliphatic carbocycles. The van der Waals surface area contributed by atoms with Gasteiger partial charge < -0.3 is 5.32 Å². The van der Waals surface area contributed by atoms with Crippen molar-refractivity contribution < 1.29 is 13.6 Å². The van der Waals surface area contributed by atoms with Gasteiger partial charge in [-0.25, -0.2) is 8.78 Å². The highest BCUT2D eigenvalue weighted by atomic mass is 79.9. The van der Waals surface area contributed by atoms with Gasteiger partial charge in [0.15, 0.2) is 0 Å². The minimum atomic E-state index is -0.773. The van der Waals surface area contributed by atoms with Gasteiger partial charge in [0.05, 0.1) is 6.04 Å². The molecule has 2 aromatic carbocycles. The number of amides is 1. The number of benzene rings is 2. The topological polar surface area (TPSA) is 29.1 Å². The molecule has 2 rings (SSSR count). The second kappa shape index (κ2) is 6.13. The van der Waals surface area contributed by atoms with Crippen LogP contribution in [-0.4, -0.2) is 5.91 Å². The van der Waals surface area contributed by atoms with Crippen LogP contribution in [0.25, 0.3) is 0 Å². The van der Waals surface area contributed by atoms with E-state index in [4.69, 9.17) is 0 Å². The molecule has 1 atom stereocenters. The number of carbonyl (C=O) groups is 1. The summed E-state index contributed by atoms with van der Waals surface area (Å²) in [6.07, 6.45) is 0. The SMILES string of the molecule is C[C@@H](NC(=O)c1cc(F)cc(F)c1)c1cccc(Br)c1. The van der Waals surface area contributed by atoms with Crippen molar-refractivity contribution in [3.63, 3.8) is 0 Å². The van der Waals surface area contributed by atoms with Gasteiger partial charge >= 0.3 is 0 Å². The van der Waals surface area contributed by atoms with Crippen LogP contribution in [0.5, 0.6) is 0 Å². The number of halogens is 3. The summed E-state index contributed by atoms with van der Waals surface area (Å²) in [6, 6.07) is 9.93. The Balaban J connectivity index is 2.15. The van der Waals surface area contributed by atoms with Crippen molar-refractivity contribution in [3.8, 4) is 0 Å². The summed E-state index contributed by atoms with van der Waals surface area (Å²) in [4.78, 5) is 12.0. The smallest absolute Gasteiger partial charge is 0.251 e. The van der Waals surface area contributed by atoms with Crippen molar-refractivity contribution in [2.75, 3.05) is 0 Å². The Morgan fingerprint density at radius 3 is 2.40 bits per heavy atom. The highest BCUT2D eigenvalue weighted by molar-refractivity contribution is 9.10. The molecule has 20 heavy (non-hydrogen) atoms. The zero-order chi connectivity index (χ0) is 14.7. The lowest BCUT2D eigenvalue weighted by molar-refractivity contribution is 0.0939. The summed E-state index contributed by atoms with van der Waals surface area (Å²) in [7, 11) is 0. The van der Waals surface area contributed by atoms with Crippen LogP contribution in [0.1, 0.15) is 28.9 Å². The Bertz CT molecular complexity index is 625. The highest BCUT2D eigenvalue weighted by Gasteiger charge is 2.13. The normalized spacial score (nSPS) is 12.0. The first-order chi connectivity index (χ1) is 9.45. The van der Waals surface area contributed by atoms with Gasteiger partial charge in [-0.15, -0.1) is 0 Å². The Labute approximate surface area is 123 Å². The third-order valence-corrected chi connectivity index (χ3v) is 3.31. The van der Waals surface area contributed by atoms with E-state index in [2.05, 4.69) is 21.2 Å². The van der Waals surface area contributed by atoms with Gasteiger partial charge in [-0.05, 0) is 36.8 Å². The fourth-order valence-corrected chi connectivity index (χ4v) is 2.24. The number of carbonyl (C=O) groups excluding carboxylic acids is 1. The van der Waals surface area contributed by atoms with Crippen LogP contribution in [0.15, 0.2) is 46.9 Å². The summed E-state index contributed by atoms with van der Waals surface area (Å²) < 4.78 is 27.0. The van der Waals surface area contributed by atoms with E-state index in [1.165, 1.54) is 0 Å². The van der Waals surface area contributed by atoms with Crippen LogP contribution in [0.2, 0.25) is 0 Å². The van der Waals surface area contributed by atoms with Gasteiger partial charge in [0, 0.05) is 16.1 Å². The third kappa shape index (κ3) is 3.63. The minimum absolute atomic E-state index is 0.0376. The Morgan fingerprint density at radius 2 is 1.80 bits per heavy atom. The predicted octanol–water partition coefficient (Wildman–Crippen LogP) is 4.22. The molecule has 104 valence electrons. The second-order valence-corrected chi connectivity index (χ2v) is 5.32. The lowest BCUT2D eigenvalue weighted by Crippen LogP contribution is -2.26. The third-order valence-electron chi connectivity index (χ3n) is 2.82. The summed E-state index contributed by atoms with van der Waals surface area (Å²) >= 11 is 3.35. The van der Waals surface area contributed by atoms with Crippen molar-refractivity contribution in [2.24, 2.45) is 0 Å². The monoisotopic (exact) mass is 339 g/mol. The zero-order valence-electron chi connectivity index (χ0n) is 10.7. The molecule has 2 nitrogen and oxygen atoms in total. The van der Waals surface area contributed by atoms with Crippen molar-refractivity contribution in [3.05, 3.63) is 69.7 Å². The van der Waals surface area contributed by atoms with Gasteiger partial charge in [-0.3, -0.25) is 4.79 Å². The van der Waals surface area contributed by atoms with Gasteiger partial charge in [0.25, 0.3) is 5.91 Å². The largest absolute Gasteiger partial charge is 0.346 e. The molecule has 0 heterocycles. The molecule has 0 saturated heterocycles. The molecule has 0 fully saturated rings. The first-order valence-electron chi connectivity index (χ1n) is 5.98. The molecular formula is C15H12BrF2NO. The molecule has 0 radical (unpaired) electrons. The molecule has 0 unspecified atom stereocenters. The maximum atomic E-state index is 13.1. The van der Waals surface area contributed by atoms with Gasteiger partial charge in [0.1, 0.15) is 11.6 Å². The van der Waals surface area contributed by atoms with Crippen LogP contribution < -0.4 is 5.32 Å². The lowest BCUT2D eigenvalue weighted by atomic mass is 10.1. The van der Waals surface area contributed by atoms with E-state index in [1.807, 2.05) is 24.3 Å². The van der Waals surface area contributed by atoms with Crippen molar-refractivity contribution in [1.82, 2.24) is 5.32 Å². The van der Waals surface area contributed by atoms with Crippen LogP contribution in [-0.2, 0) is 0 Å². The maximum Gasteiger partial charge on any atom is 0.251 e. The predicted molar refractivity (Wildman–Crippen MR) is 76.4 cm³/mol. The van der Waals surface area contributed by atoms with Gasteiger partial charge in [-0.1, -0.05) is 28.1 Å². The van der Waals surface area contributed by atoms with Crippen LogP contribution >= 0.6 is 15.9 Å². The zero-order valence-corrected chi connectivity index (χ0v) is 12.2. The molecule has 0 saturated carbocycles. The Morgan fingerprint density at radius 1 is 1.15 bits per heavy atom. The molecule has 1 amide bonds. The minimum Gasteiger partial charge on any atom is -0.346 e. The quantitative estimate of drug-likeness (QED) is 0.891. The van der Waals surface area contributed by atoms with E-state index in [9.17, 15) is 13.6 Å². The highest BCUT2D eigenvalue weighted by Crippen LogP contribution is 2.18. The van der Waals surface area contributed by atoms with Crippen molar-refractivity contribution in [1.29, 1.82) is 0 Å². The van der Waals surface area contributed by atoms with Crippen LogP contribution in [0.4, 0.5) is 8.78 Å². The molecule has 0 bridgehead atoms. The summed E-state index contributed by atoms with van der Waals surface area (Å²) in [5.74, 6) is -2.06. The number of hydrogen-bond acceptors (Lipinski definition) is 1. The lowest BCUT2D eigenvalue weighted by Gasteiger charge is -2.14.